The predicted octanol–water partition coefficient (Wildman–Crippen LogP) is 2.90. The van der Waals surface area contributed by atoms with Crippen molar-refractivity contribution in [1.29, 1.82) is 0 Å². The van der Waals surface area contributed by atoms with Crippen molar-refractivity contribution < 1.29 is 9.13 Å². The van der Waals surface area contributed by atoms with Gasteiger partial charge in [0, 0.05) is 18.1 Å². The molecule has 1 aliphatic heterocycles. The van der Waals surface area contributed by atoms with E-state index in [-0.39, 0.29) is 27.1 Å². The summed E-state index contributed by atoms with van der Waals surface area (Å²) < 4.78 is 19.9. The highest BCUT2D eigenvalue weighted by atomic mass is 79.9. The van der Waals surface area contributed by atoms with Gasteiger partial charge in [0.05, 0.1) is 15.5 Å². The SMILES string of the molecule is NN1CCC[C@@H]1COc1ncc2cc(Cl)c(Br)c(F)c2n1. The van der Waals surface area contributed by atoms with Crippen LogP contribution in [0.5, 0.6) is 6.01 Å². The Morgan fingerprint density at radius 3 is 3.10 bits per heavy atom. The van der Waals surface area contributed by atoms with Gasteiger partial charge in [-0.2, -0.15) is 4.98 Å². The molecule has 0 aliphatic carbocycles. The van der Waals surface area contributed by atoms with E-state index in [1.807, 2.05) is 0 Å². The summed E-state index contributed by atoms with van der Waals surface area (Å²) >= 11 is 9.00. The molecule has 0 saturated carbocycles. The third-order valence-electron chi connectivity index (χ3n) is 3.51. The molecule has 8 heteroatoms. The van der Waals surface area contributed by atoms with Crippen LogP contribution in [0.2, 0.25) is 5.02 Å². The first-order chi connectivity index (χ1) is 10.1. The molecule has 21 heavy (non-hydrogen) atoms. The molecule has 0 unspecified atom stereocenters. The van der Waals surface area contributed by atoms with E-state index < -0.39 is 5.82 Å². The fourth-order valence-corrected chi connectivity index (χ4v) is 2.85. The number of rotatable bonds is 3. The van der Waals surface area contributed by atoms with E-state index in [9.17, 15) is 4.39 Å². The number of nitrogens with two attached hydrogens (primary N) is 1. The molecule has 3 rings (SSSR count). The number of aromatic nitrogens is 2. The number of benzene rings is 1. The first kappa shape index (κ1) is 14.9. The highest BCUT2D eigenvalue weighted by Crippen LogP contribution is 2.31. The number of fused-ring (bicyclic) bond motifs is 1. The standard InChI is InChI=1S/C13H13BrClFN4O/c14-10-9(15)4-7-5-18-13(19-12(7)11(10)16)21-6-8-2-1-3-20(8)17/h4-5,8H,1-3,6,17H2/t8-/m1/s1. The number of nitrogens with zero attached hydrogens (tertiary/aromatic N) is 3. The maximum absolute atomic E-state index is 14.1. The Kier molecular flexibility index (Phi) is 4.26. The van der Waals surface area contributed by atoms with Crippen molar-refractivity contribution in [1.82, 2.24) is 15.0 Å². The van der Waals surface area contributed by atoms with E-state index >= 15 is 0 Å². The average Bonchev–Trinajstić information content (AvgIpc) is 2.88. The lowest BCUT2D eigenvalue weighted by Crippen LogP contribution is -2.39. The van der Waals surface area contributed by atoms with Crippen LogP contribution in [0.4, 0.5) is 4.39 Å². The lowest BCUT2D eigenvalue weighted by molar-refractivity contribution is 0.167. The highest BCUT2D eigenvalue weighted by Gasteiger charge is 2.22. The van der Waals surface area contributed by atoms with E-state index in [0.717, 1.165) is 19.4 Å². The number of hydrazine groups is 1. The molecule has 2 aromatic rings. The summed E-state index contributed by atoms with van der Waals surface area (Å²) in [6.07, 6.45) is 3.51. The summed E-state index contributed by atoms with van der Waals surface area (Å²) in [5.74, 6) is 5.30. The first-order valence-electron chi connectivity index (χ1n) is 6.50. The summed E-state index contributed by atoms with van der Waals surface area (Å²) in [6, 6.07) is 1.88. The Morgan fingerprint density at radius 1 is 1.57 bits per heavy atom. The van der Waals surface area contributed by atoms with Crippen molar-refractivity contribution in [3.8, 4) is 6.01 Å². The predicted molar refractivity (Wildman–Crippen MR) is 81.6 cm³/mol. The Balaban J connectivity index is 1.83. The minimum absolute atomic E-state index is 0.135. The molecule has 1 atom stereocenters. The van der Waals surface area contributed by atoms with Gasteiger partial charge in [-0.1, -0.05) is 11.6 Å². The second kappa shape index (κ2) is 6.00. The lowest BCUT2D eigenvalue weighted by Gasteiger charge is -2.18. The minimum atomic E-state index is -0.522. The third kappa shape index (κ3) is 2.96. The lowest BCUT2D eigenvalue weighted by atomic mass is 10.2. The van der Waals surface area contributed by atoms with Crippen LogP contribution in [0.15, 0.2) is 16.7 Å². The van der Waals surface area contributed by atoms with Gasteiger partial charge in [0.2, 0.25) is 0 Å². The van der Waals surface area contributed by atoms with Gasteiger partial charge in [-0.05, 0) is 34.8 Å². The van der Waals surface area contributed by atoms with Gasteiger partial charge in [0.25, 0.3) is 0 Å². The molecule has 1 aliphatic rings. The van der Waals surface area contributed by atoms with E-state index in [2.05, 4.69) is 25.9 Å². The van der Waals surface area contributed by atoms with E-state index in [4.69, 9.17) is 22.2 Å². The van der Waals surface area contributed by atoms with E-state index in [1.54, 1.807) is 11.1 Å². The Hall–Kier alpha value is -1.02. The molecule has 0 amide bonds. The van der Waals surface area contributed by atoms with Crippen molar-refractivity contribution in [2.24, 2.45) is 5.84 Å². The molecule has 1 aromatic carbocycles. The van der Waals surface area contributed by atoms with E-state index in [1.165, 1.54) is 6.20 Å². The number of hydrogen-bond acceptors (Lipinski definition) is 5. The van der Waals surface area contributed by atoms with Crippen LogP contribution in [0.1, 0.15) is 12.8 Å². The Labute approximate surface area is 134 Å². The zero-order valence-corrected chi connectivity index (χ0v) is 13.4. The second-order valence-corrected chi connectivity index (χ2v) is 6.12. The molecular formula is C13H13BrClFN4O. The van der Waals surface area contributed by atoms with Crippen LogP contribution < -0.4 is 10.6 Å². The monoisotopic (exact) mass is 374 g/mol. The van der Waals surface area contributed by atoms with Crippen molar-refractivity contribution in [2.45, 2.75) is 18.9 Å². The van der Waals surface area contributed by atoms with Crippen LogP contribution in [-0.4, -0.2) is 34.2 Å². The first-order valence-corrected chi connectivity index (χ1v) is 7.67. The summed E-state index contributed by atoms with van der Waals surface area (Å²) in [4.78, 5) is 8.18. The molecule has 112 valence electrons. The zero-order valence-electron chi connectivity index (χ0n) is 11.0. The van der Waals surface area contributed by atoms with Gasteiger partial charge < -0.3 is 4.74 Å². The van der Waals surface area contributed by atoms with Crippen LogP contribution >= 0.6 is 27.5 Å². The van der Waals surface area contributed by atoms with Crippen molar-refractivity contribution in [3.63, 3.8) is 0 Å². The summed E-state index contributed by atoms with van der Waals surface area (Å²) in [5, 5.41) is 2.55. The molecule has 1 saturated heterocycles. The number of ether oxygens (including phenoxy) is 1. The molecular weight excluding hydrogens is 363 g/mol. The van der Waals surface area contributed by atoms with Gasteiger partial charge in [-0.15, -0.1) is 0 Å². The van der Waals surface area contributed by atoms with Gasteiger partial charge in [-0.3, -0.25) is 5.84 Å². The molecule has 0 spiro atoms. The normalized spacial score (nSPS) is 19.3. The van der Waals surface area contributed by atoms with Gasteiger partial charge in [0.1, 0.15) is 12.1 Å². The molecule has 0 bridgehead atoms. The Bertz CT molecular complexity index is 687. The molecule has 1 aromatic heterocycles. The van der Waals surface area contributed by atoms with Gasteiger partial charge >= 0.3 is 6.01 Å². The van der Waals surface area contributed by atoms with Crippen LogP contribution in [-0.2, 0) is 0 Å². The van der Waals surface area contributed by atoms with E-state index in [0.29, 0.717) is 12.0 Å². The van der Waals surface area contributed by atoms with Gasteiger partial charge in [-0.25, -0.2) is 14.4 Å². The largest absolute Gasteiger partial charge is 0.462 e. The summed E-state index contributed by atoms with van der Waals surface area (Å²) in [6.45, 7) is 1.24. The molecule has 0 radical (unpaired) electrons. The highest BCUT2D eigenvalue weighted by molar-refractivity contribution is 9.10. The summed E-state index contributed by atoms with van der Waals surface area (Å²) in [7, 11) is 0. The van der Waals surface area contributed by atoms with Crippen molar-refractivity contribution in [3.05, 3.63) is 27.6 Å². The minimum Gasteiger partial charge on any atom is -0.462 e. The van der Waals surface area contributed by atoms with Crippen molar-refractivity contribution in [2.75, 3.05) is 13.2 Å². The molecule has 1 fully saturated rings. The average molecular weight is 376 g/mol. The van der Waals surface area contributed by atoms with Crippen LogP contribution in [0, 0.1) is 5.82 Å². The number of halogens is 3. The molecule has 2 N–H and O–H groups in total. The summed E-state index contributed by atoms with van der Waals surface area (Å²) in [5.41, 5.74) is 0.173. The molecule has 5 nitrogen and oxygen atoms in total. The maximum Gasteiger partial charge on any atom is 0.317 e. The quantitative estimate of drug-likeness (QED) is 0.660. The van der Waals surface area contributed by atoms with Gasteiger partial charge in [0.15, 0.2) is 5.82 Å². The van der Waals surface area contributed by atoms with Crippen molar-refractivity contribution >= 4 is 38.4 Å². The fourth-order valence-electron chi connectivity index (χ4n) is 2.34. The zero-order chi connectivity index (χ0) is 15.0. The smallest absolute Gasteiger partial charge is 0.317 e. The molecule has 2 heterocycles. The topological polar surface area (TPSA) is 64.3 Å². The van der Waals surface area contributed by atoms with Crippen LogP contribution in [0.25, 0.3) is 10.9 Å². The Morgan fingerprint density at radius 2 is 2.38 bits per heavy atom. The number of hydrogen-bond donors (Lipinski definition) is 1. The maximum atomic E-state index is 14.1. The van der Waals surface area contributed by atoms with Crippen LogP contribution in [0.3, 0.4) is 0 Å². The third-order valence-corrected chi connectivity index (χ3v) is 4.82. The second-order valence-electron chi connectivity index (χ2n) is 4.92. The fraction of sp³-hybridized carbons (Fsp3) is 0.385.